The van der Waals surface area contributed by atoms with Gasteiger partial charge in [0.25, 0.3) is 5.91 Å². The summed E-state index contributed by atoms with van der Waals surface area (Å²) in [5.74, 6) is 0.638. The molecule has 5 heteroatoms. The zero-order chi connectivity index (χ0) is 13.7. The van der Waals surface area contributed by atoms with E-state index in [1.165, 1.54) is 13.0 Å². The monoisotopic (exact) mass is 289 g/mol. The Bertz CT molecular complexity index is 681. The summed E-state index contributed by atoms with van der Waals surface area (Å²) in [5.41, 5.74) is 1.61. The first-order valence-electron chi connectivity index (χ1n) is 7.00. The van der Waals surface area contributed by atoms with Crippen molar-refractivity contribution in [3.63, 3.8) is 0 Å². The van der Waals surface area contributed by atoms with Gasteiger partial charge in [0.1, 0.15) is 0 Å². The van der Waals surface area contributed by atoms with E-state index in [2.05, 4.69) is 10.2 Å². The summed E-state index contributed by atoms with van der Waals surface area (Å²) in [6, 6.07) is 5.87. The molecule has 3 unspecified atom stereocenters. The molecule has 2 bridgehead atoms. The largest absolute Gasteiger partial charge is 0.348 e. The molecule has 4 heterocycles. The van der Waals surface area contributed by atoms with Crippen molar-refractivity contribution >= 4 is 23.0 Å². The lowest BCUT2D eigenvalue weighted by Crippen LogP contribution is -2.43. The van der Waals surface area contributed by atoms with Crippen molar-refractivity contribution in [1.29, 1.82) is 0 Å². The van der Waals surface area contributed by atoms with Crippen molar-refractivity contribution in [3.8, 4) is 0 Å². The molecule has 0 aromatic carbocycles. The van der Waals surface area contributed by atoms with Crippen LogP contribution in [0.5, 0.6) is 0 Å². The number of halogens is 1. The summed E-state index contributed by atoms with van der Waals surface area (Å²) in [6.07, 6.45) is 4.92. The van der Waals surface area contributed by atoms with Gasteiger partial charge in [-0.05, 0) is 37.1 Å². The minimum Gasteiger partial charge on any atom is -0.348 e. The third-order valence-electron chi connectivity index (χ3n) is 4.51. The van der Waals surface area contributed by atoms with E-state index in [0.717, 1.165) is 18.6 Å². The van der Waals surface area contributed by atoms with Crippen LogP contribution in [0, 0.1) is 5.92 Å². The van der Waals surface area contributed by atoms with Crippen LogP contribution in [0.4, 0.5) is 0 Å². The van der Waals surface area contributed by atoms with Gasteiger partial charge < -0.3 is 14.6 Å². The Morgan fingerprint density at radius 2 is 2.20 bits per heavy atom. The van der Waals surface area contributed by atoms with Gasteiger partial charge >= 0.3 is 0 Å². The topological polar surface area (TPSA) is 36.8 Å². The summed E-state index contributed by atoms with van der Waals surface area (Å²) >= 11 is 6.06. The number of pyridine rings is 1. The Labute approximate surface area is 122 Å². The standard InChI is InChI=1S/C15H16ClN3O/c16-12-4-6-19-8-11(1-2-14(12)19)15(20)17-13-9-18-5-3-10(13)7-18/h1-2,4,6,8,10,13H,3,5,7,9H2,(H,17,20). The maximum atomic E-state index is 12.4. The molecule has 1 N–H and O–H groups in total. The number of rotatable bonds is 2. The second kappa shape index (κ2) is 4.50. The fraction of sp³-hybridized carbons (Fsp3) is 0.400. The maximum absolute atomic E-state index is 12.4. The molecule has 4 rings (SSSR count). The first-order chi connectivity index (χ1) is 9.70. The van der Waals surface area contributed by atoms with E-state index in [1.54, 1.807) is 0 Å². The molecular formula is C15H16ClN3O. The Morgan fingerprint density at radius 3 is 2.95 bits per heavy atom. The lowest BCUT2D eigenvalue weighted by atomic mass is 10.00. The summed E-state index contributed by atoms with van der Waals surface area (Å²) in [6.45, 7) is 3.32. The first kappa shape index (κ1) is 12.2. The van der Waals surface area contributed by atoms with Gasteiger partial charge in [-0.2, -0.15) is 0 Å². The molecule has 2 saturated heterocycles. The number of fused-ring (bicyclic) bond motifs is 3. The summed E-state index contributed by atoms with van der Waals surface area (Å²) in [4.78, 5) is 14.8. The smallest absolute Gasteiger partial charge is 0.253 e. The Hall–Kier alpha value is -1.52. The number of piperidine rings is 1. The zero-order valence-electron chi connectivity index (χ0n) is 11.1. The van der Waals surface area contributed by atoms with Gasteiger partial charge in [-0.3, -0.25) is 4.79 Å². The van der Waals surface area contributed by atoms with Crippen molar-refractivity contribution in [2.45, 2.75) is 12.5 Å². The van der Waals surface area contributed by atoms with Crippen LogP contribution in [0.25, 0.3) is 5.52 Å². The number of carbonyl (C=O) groups is 1. The number of aromatic nitrogens is 1. The number of nitrogens with one attached hydrogen (secondary N) is 1. The lowest BCUT2D eigenvalue weighted by Gasteiger charge is -2.23. The highest BCUT2D eigenvalue weighted by Crippen LogP contribution is 2.28. The zero-order valence-corrected chi connectivity index (χ0v) is 11.8. The maximum Gasteiger partial charge on any atom is 0.253 e. The van der Waals surface area contributed by atoms with Crippen LogP contribution < -0.4 is 5.32 Å². The molecule has 3 atom stereocenters. The molecule has 0 saturated carbocycles. The van der Waals surface area contributed by atoms with Gasteiger partial charge in [0.15, 0.2) is 0 Å². The highest BCUT2D eigenvalue weighted by atomic mass is 35.5. The van der Waals surface area contributed by atoms with E-state index >= 15 is 0 Å². The SMILES string of the molecule is O=C(NC1CN2CCC1C2)c1ccc2c(Cl)ccn2c1. The van der Waals surface area contributed by atoms with Crippen LogP contribution in [0.2, 0.25) is 5.02 Å². The van der Waals surface area contributed by atoms with E-state index in [1.807, 2.05) is 35.0 Å². The Kier molecular flexibility index (Phi) is 2.75. The van der Waals surface area contributed by atoms with E-state index in [9.17, 15) is 4.79 Å². The molecule has 0 aliphatic carbocycles. The molecule has 2 aliphatic rings. The normalized spacial score (nSPS) is 28.1. The molecule has 2 fully saturated rings. The number of carbonyl (C=O) groups excluding carboxylic acids is 1. The summed E-state index contributed by atoms with van der Waals surface area (Å²) in [7, 11) is 0. The predicted octanol–water partition coefficient (Wildman–Crippen LogP) is 2.03. The highest BCUT2D eigenvalue weighted by molar-refractivity contribution is 6.34. The third-order valence-corrected chi connectivity index (χ3v) is 4.83. The second-order valence-electron chi connectivity index (χ2n) is 5.76. The van der Waals surface area contributed by atoms with Crippen molar-refractivity contribution in [2.24, 2.45) is 5.92 Å². The van der Waals surface area contributed by atoms with Crippen LogP contribution >= 0.6 is 11.6 Å². The molecule has 2 aliphatic heterocycles. The van der Waals surface area contributed by atoms with E-state index in [-0.39, 0.29) is 5.91 Å². The minimum absolute atomic E-state index is 0.00970. The predicted molar refractivity (Wildman–Crippen MR) is 78.2 cm³/mol. The van der Waals surface area contributed by atoms with Crippen LogP contribution in [0.1, 0.15) is 16.8 Å². The van der Waals surface area contributed by atoms with Gasteiger partial charge in [0.2, 0.25) is 0 Å². The van der Waals surface area contributed by atoms with Crippen molar-refractivity contribution in [3.05, 3.63) is 41.2 Å². The van der Waals surface area contributed by atoms with Gasteiger partial charge in [0.05, 0.1) is 16.1 Å². The summed E-state index contributed by atoms with van der Waals surface area (Å²) < 4.78 is 1.89. The van der Waals surface area contributed by atoms with E-state index in [0.29, 0.717) is 22.5 Å². The molecule has 2 aromatic rings. The first-order valence-corrected chi connectivity index (χ1v) is 7.38. The second-order valence-corrected chi connectivity index (χ2v) is 6.17. The molecule has 0 spiro atoms. The van der Waals surface area contributed by atoms with Gasteiger partial charge in [-0.15, -0.1) is 0 Å². The lowest BCUT2D eigenvalue weighted by molar-refractivity contribution is 0.0924. The number of amides is 1. The van der Waals surface area contributed by atoms with Crippen LogP contribution in [-0.4, -0.2) is 40.9 Å². The fourth-order valence-electron chi connectivity index (χ4n) is 3.41. The van der Waals surface area contributed by atoms with Gasteiger partial charge in [0, 0.05) is 31.5 Å². The van der Waals surface area contributed by atoms with Gasteiger partial charge in [-0.1, -0.05) is 11.6 Å². The average Bonchev–Trinajstić information content (AvgIpc) is 3.14. The molecule has 0 radical (unpaired) electrons. The van der Waals surface area contributed by atoms with Crippen LogP contribution in [0.3, 0.4) is 0 Å². The van der Waals surface area contributed by atoms with Crippen molar-refractivity contribution < 1.29 is 4.79 Å². The average molecular weight is 290 g/mol. The molecule has 1 amide bonds. The number of hydrogen-bond acceptors (Lipinski definition) is 2. The van der Waals surface area contributed by atoms with E-state index in [4.69, 9.17) is 11.6 Å². The molecule has 4 nitrogen and oxygen atoms in total. The van der Waals surface area contributed by atoms with Crippen molar-refractivity contribution in [2.75, 3.05) is 19.6 Å². The highest BCUT2D eigenvalue weighted by Gasteiger charge is 2.38. The van der Waals surface area contributed by atoms with Crippen LogP contribution in [-0.2, 0) is 0 Å². The van der Waals surface area contributed by atoms with Crippen molar-refractivity contribution in [1.82, 2.24) is 14.6 Å². The Morgan fingerprint density at radius 1 is 1.30 bits per heavy atom. The third kappa shape index (κ3) is 1.91. The van der Waals surface area contributed by atoms with Crippen LogP contribution in [0.15, 0.2) is 30.6 Å². The summed E-state index contributed by atoms with van der Waals surface area (Å²) in [5, 5.41) is 3.88. The number of nitrogens with zero attached hydrogens (tertiary/aromatic N) is 2. The molecular weight excluding hydrogens is 274 g/mol. The quantitative estimate of drug-likeness (QED) is 0.918. The molecule has 2 aromatic heterocycles. The fourth-order valence-corrected chi connectivity index (χ4v) is 3.63. The molecule has 20 heavy (non-hydrogen) atoms. The number of hydrogen-bond donors (Lipinski definition) is 1. The molecule has 104 valence electrons. The Balaban J connectivity index is 1.54. The minimum atomic E-state index is 0.00970. The van der Waals surface area contributed by atoms with Gasteiger partial charge in [-0.25, -0.2) is 0 Å². The van der Waals surface area contributed by atoms with E-state index < -0.39 is 0 Å².